The fraction of sp³-hybridized carbons (Fsp3) is 0.176. The van der Waals surface area contributed by atoms with E-state index >= 15 is 0 Å². The third-order valence-electron chi connectivity index (χ3n) is 3.30. The van der Waals surface area contributed by atoms with Crippen molar-refractivity contribution in [3.8, 4) is 17.7 Å². The molecule has 0 fully saturated rings. The van der Waals surface area contributed by atoms with Crippen LogP contribution in [-0.2, 0) is 0 Å². The molecule has 132 valence electrons. The molecule has 0 spiro atoms. The van der Waals surface area contributed by atoms with E-state index in [1.807, 2.05) is 18.2 Å². The minimum atomic E-state index is -0.563. The van der Waals surface area contributed by atoms with Crippen LogP contribution in [0.1, 0.15) is 12.1 Å². The van der Waals surface area contributed by atoms with Gasteiger partial charge in [-0.1, -0.05) is 23.8 Å². The zero-order valence-electron chi connectivity index (χ0n) is 13.5. The number of amides is 2. The van der Waals surface area contributed by atoms with Crippen LogP contribution >= 0.6 is 11.6 Å². The van der Waals surface area contributed by atoms with Crippen LogP contribution in [0, 0.1) is 11.3 Å². The molecule has 0 unspecified atom stereocenters. The van der Waals surface area contributed by atoms with Crippen molar-refractivity contribution in [3.05, 3.63) is 47.3 Å². The lowest BCUT2D eigenvalue weighted by Crippen LogP contribution is -2.21. The van der Waals surface area contributed by atoms with Crippen LogP contribution in [0.2, 0.25) is 5.02 Å². The molecule has 2 bridgehead atoms. The maximum atomic E-state index is 12.2. The van der Waals surface area contributed by atoms with E-state index in [2.05, 4.69) is 20.6 Å². The molecule has 1 aromatic carbocycles. The number of nitrogens with one attached hydrogen (secondary N) is 2. The van der Waals surface area contributed by atoms with Crippen molar-refractivity contribution < 1.29 is 14.3 Å². The quantitative estimate of drug-likeness (QED) is 0.687. The van der Waals surface area contributed by atoms with Crippen molar-refractivity contribution in [2.24, 2.45) is 0 Å². The minimum Gasteiger partial charge on any atom is -0.487 e. The van der Waals surface area contributed by atoms with Gasteiger partial charge in [-0.3, -0.25) is 5.32 Å². The van der Waals surface area contributed by atoms with Gasteiger partial charge in [0.15, 0.2) is 5.82 Å². The first-order valence-corrected chi connectivity index (χ1v) is 8.09. The standard InChI is InChI=1S/C17H14ClN5O3/c18-11-4-5-14-12(8-11)21-17(24)23-15-10-20-13(9-19)16(22-15)26-7-3-1-2-6-25-14/h1-2,4-5,8,10H,3,6-7H2,(H2,21,22,23,24)/b2-1-. The van der Waals surface area contributed by atoms with Crippen molar-refractivity contribution in [2.45, 2.75) is 6.42 Å². The van der Waals surface area contributed by atoms with Crippen LogP contribution < -0.4 is 20.1 Å². The number of ether oxygens (including phenoxy) is 2. The minimum absolute atomic E-state index is 0.0460. The maximum absolute atomic E-state index is 12.2. The number of benzene rings is 1. The summed E-state index contributed by atoms with van der Waals surface area (Å²) >= 11 is 6.00. The van der Waals surface area contributed by atoms with Crippen LogP contribution in [0.4, 0.5) is 16.3 Å². The number of urea groups is 1. The normalized spacial score (nSPS) is 15.5. The molecule has 0 saturated carbocycles. The summed E-state index contributed by atoms with van der Waals surface area (Å²) < 4.78 is 11.1. The van der Waals surface area contributed by atoms with Crippen LogP contribution in [-0.4, -0.2) is 29.2 Å². The maximum Gasteiger partial charge on any atom is 0.325 e. The number of hydrogen-bond donors (Lipinski definition) is 2. The Bertz CT molecular complexity index is 894. The molecular weight excluding hydrogens is 358 g/mol. The largest absolute Gasteiger partial charge is 0.487 e. The first-order valence-electron chi connectivity index (χ1n) is 7.71. The number of aromatic nitrogens is 2. The molecule has 8 nitrogen and oxygen atoms in total. The summed E-state index contributed by atoms with van der Waals surface area (Å²) in [6.07, 6.45) is 5.58. The van der Waals surface area contributed by atoms with E-state index < -0.39 is 6.03 Å². The second-order valence-corrected chi connectivity index (χ2v) is 5.60. The third kappa shape index (κ3) is 4.40. The van der Waals surface area contributed by atoms with Gasteiger partial charge in [0.1, 0.15) is 18.4 Å². The molecule has 9 heteroatoms. The van der Waals surface area contributed by atoms with Crippen LogP contribution in [0.3, 0.4) is 0 Å². The number of carbonyl (C=O) groups excluding carboxylic acids is 1. The molecule has 1 aromatic heterocycles. The molecule has 2 heterocycles. The van der Waals surface area contributed by atoms with E-state index in [0.29, 0.717) is 36.1 Å². The summed E-state index contributed by atoms with van der Waals surface area (Å²) in [5, 5.41) is 14.7. The molecule has 0 radical (unpaired) electrons. The molecule has 1 aliphatic heterocycles. The monoisotopic (exact) mass is 371 g/mol. The molecule has 2 N–H and O–H groups in total. The van der Waals surface area contributed by atoms with Gasteiger partial charge in [0.2, 0.25) is 5.69 Å². The number of carbonyl (C=O) groups is 1. The highest BCUT2D eigenvalue weighted by atomic mass is 35.5. The van der Waals surface area contributed by atoms with Gasteiger partial charge in [-0.15, -0.1) is 0 Å². The number of nitrogens with zero attached hydrogens (tertiary/aromatic N) is 3. The summed E-state index contributed by atoms with van der Waals surface area (Å²) in [5.74, 6) is 0.687. The SMILES string of the molecule is N#Cc1ncc2nc1OCC/C=C\COc1ccc(Cl)cc1NC(=O)N2. The van der Waals surface area contributed by atoms with Gasteiger partial charge in [-0.05, 0) is 24.6 Å². The second-order valence-electron chi connectivity index (χ2n) is 5.16. The highest BCUT2D eigenvalue weighted by Crippen LogP contribution is 2.28. The fourth-order valence-electron chi connectivity index (χ4n) is 2.15. The molecule has 2 aromatic rings. The topological polar surface area (TPSA) is 109 Å². The lowest BCUT2D eigenvalue weighted by molar-refractivity contribution is 0.262. The number of anilines is 2. The van der Waals surface area contributed by atoms with Crippen molar-refractivity contribution in [1.82, 2.24) is 9.97 Å². The van der Waals surface area contributed by atoms with Gasteiger partial charge >= 0.3 is 6.03 Å². The first-order chi connectivity index (χ1) is 12.7. The van der Waals surface area contributed by atoms with Crippen LogP contribution in [0.5, 0.6) is 11.6 Å². The molecular formula is C17H14ClN5O3. The van der Waals surface area contributed by atoms with Crippen molar-refractivity contribution >= 4 is 29.1 Å². The zero-order chi connectivity index (χ0) is 18.4. The van der Waals surface area contributed by atoms with E-state index in [1.54, 1.807) is 18.2 Å². The van der Waals surface area contributed by atoms with Crippen molar-refractivity contribution in [3.63, 3.8) is 0 Å². The number of hydrogen-bond acceptors (Lipinski definition) is 6. The third-order valence-corrected chi connectivity index (χ3v) is 3.54. The Morgan fingerprint density at radius 1 is 1.23 bits per heavy atom. The highest BCUT2D eigenvalue weighted by molar-refractivity contribution is 6.31. The van der Waals surface area contributed by atoms with Crippen LogP contribution in [0.15, 0.2) is 36.5 Å². The summed E-state index contributed by atoms with van der Waals surface area (Å²) in [5.41, 5.74) is 0.459. The van der Waals surface area contributed by atoms with E-state index in [9.17, 15) is 4.79 Å². The molecule has 0 atom stereocenters. The van der Waals surface area contributed by atoms with Gasteiger partial charge in [0.25, 0.3) is 5.88 Å². The van der Waals surface area contributed by atoms with Crippen molar-refractivity contribution in [2.75, 3.05) is 23.8 Å². The molecule has 0 saturated heterocycles. The van der Waals surface area contributed by atoms with E-state index in [4.69, 9.17) is 26.3 Å². The Labute approximate surface area is 154 Å². The molecule has 26 heavy (non-hydrogen) atoms. The Morgan fingerprint density at radius 2 is 2.12 bits per heavy atom. The van der Waals surface area contributed by atoms with Gasteiger partial charge < -0.3 is 14.8 Å². The molecule has 1 aliphatic rings. The number of halogens is 1. The Kier molecular flexibility index (Phi) is 5.51. The molecule has 2 amide bonds. The predicted octanol–water partition coefficient (Wildman–Crippen LogP) is 3.36. The van der Waals surface area contributed by atoms with Gasteiger partial charge in [-0.2, -0.15) is 10.2 Å². The van der Waals surface area contributed by atoms with E-state index in [-0.39, 0.29) is 17.4 Å². The first kappa shape index (κ1) is 17.5. The van der Waals surface area contributed by atoms with Crippen molar-refractivity contribution in [1.29, 1.82) is 5.26 Å². The van der Waals surface area contributed by atoms with Crippen LogP contribution in [0.25, 0.3) is 0 Å². The fourth-order valence-corrected chi connectivity index (χ4v) is 2.32. The van der Waals surface area contributed by atoms with Gasteiger partial charge in [-0.25, -0.2) is 9.78 Å². The van der Waals surface area contributed by atoms with E-state index in [1.165, 1.54) is 6.20 Å². The summed E-state index contributed by atoms with van der Waals surface area (Å²) in [4.78, 5) is 20.3. The Morgan fingerprint density at radius 3 is 2.96 bits per heavy atom. The van der Waals surface area contributed by atoms with Gasteiger partial charge in [0.05, 0.1) is 18.5 Å². The lowest BCUT2D eigenvalue weighted by atomic mass is 10.3. The predicted molar refractivity (Wildman–Crippen MR) is 95.6 cm³/mol. The summed E-state index contributed by atoms with van der Waals surface area (Å²) in [6.45, 7) is 0.622. The lowest BCUT2D eigenvalue weighted by Gasteiger charge is -2.12. The molecule has 3 rings (SSSR count). The zero-order valence-corrected chi connectivity index (χ0v) is 14.3. The Hall–Kier alpha value is -3.31. The number of fused-ring (bicyclic) bond motifs is 3. The molecule has 0 aliphatic carbocycles. The van der Waals surface area contributed by atoms with E-state index in [0.717, 1.165) is 0 Å². The summed E-state index contributed by atoms with van der Waals surface area (Å²) in [7, 11) is 0. The summed E-state index contributed by atoms with van der Waals surface area (Å²) in [6, 6.07) is 6.26. The average molecular weight is 372 g/mol. The number of nitriles is 1. The average Bonchev–Trinajstić information content (AvgIpc) is 2.62. The smallest absolute Gasteiger partial charge is 0.325 e. The Balaban J connectivity index is 1.90. The highest BCUT2D eigenvalue weighted by Gasteiger charge is 2.13. The number of rotatable bonds is 0. The van der Waals surface area contributed by atoms with Gasteiger partial charge in [0, 0.05) is 5.02 Å². The second kappa shape index (κ2) is 8.18.